The number of benzene rings is 1. The van der Waals surface area contributed by atoms with Gasteiger partial charge in [-0.25, -0.2) is 0 Å². The number of aromatic nitrogens is 1. The topological polar surface area (TPSA) is 22.0 Å². The quantitative estimate of drug-likeness (QED) is 0.759. The summed E-state index contributed by atoms with van der Waals surface area (Å²) >= 11 is 3.44. The minimum Gasteiger partial charge on any atom is -0.308 e. The summed E-state index contributed by atoms with van der Waals surface area (Å²) in [7, 11) is 0. The van der Waals surface area contributed by atoms with Gasteiger partial charge in [0.1, 0.15) is 0 Å². The van der Waals surface area contributed by atoms with Gasteiger partial charge in [-0.1, -0.05) is 53.4 Å². The average Bonchev–Trinajstić information content (AvgIpc) is 2.51. The van der Waals surface area contributed by atoms with Crippen LogP contribution in [0.3, 0.4) is 0 Å². The number of hydrogen-bond acceptors (Lipinski definition) is 1. The van der Waals surface area contributed by atoms with Crippen LogP contribution in [0.4, 0.5) is 0 Å². The van der Waals surface area contributed by atoms with Crippen LogP contribution in [0.1, 0.15) is 37.7 Å². The van der Waals surface area contributed by atoms with E-state index in [9.17, 15) is 4.79 Å². The van der Waals surface area contributed by atoms with E-state index in [4.69, 9.17) is 0 Å². The lowest BCUT2D eigenvalue weighted by molar-refractivity contribution is 0.319. The number of alkyl halides is 1. The summed E-state index contributed by atoms with van der Waals surface area (Å²) in [6, 6.07) is 10.2. The number of nitrogens with zero attached hydrogens (tertiary/aromatic N) is 1. The van der Waals surface area contributed by atoms with Gasteiger partial charge in [0.15, 0.2) is 0 Å². The van der Waals surface area contributed by atoms with Gasteiger partial charge in [0, 0.05) is 17.4 Å². The van der Waals surface area contributed by atoms with E-state index in [1.165, 1.54) is 32.1 Å². The van der Waals surface area contributed by atoms with Crippen molar-refractivity contribution in [3.8, 4) is 0 Å². The van der Waals surface area contributed by atoms with Crippen LogP contribution in [-0.2, 0) is 11.9 Å². The Kier molecular flexibility index (Phi) is 4.25. The Morgan fingerprint density at radius 3 is 2.65 bits per heavy atom. The molecule has 2 aromatic rings. The Morgan fingerprint density at radius 2 is 1.90 bits per heavy atom. The van der Waals surface area contributed by atoms with Crippen molar-refractivity contribution in [1.29, 1.82) is 0 Å². The predicted octanol–water partition coefficient (Wildman–Crippen LogP) is 4.48. The van der Waals surface area contributed by atoms with Crippen molar-refractivity contribution in [3.63, 3.8) is 0 Å². The highest BCUT2D eigenvalue weighted by Crippen LogP contribution is 2.26. The smallest absolute Gasteiger partial charge is 0.255 e. The van der Waals surface area contributed by atoms with Gasteiger partial charge >= 0.3 is 0 Å². The molecule has 1 saturated carbocycles. The highest BCUT2D eigenvalue weighted by molar-refractivity contribution is 9.08. The summed E-state index contributed by atoms with van der Waals surface area (Å²) in [4.78, 5) is 12.6. The molecule has 3 heteroatoms. The number of pyridine rings is 1. The molecule has 1 heterocycles. The van der Waals surface area contributed by atoms with Gasteiger partial charge in [0.2, 0.25) is 0 Å². The minimum atomic E-state index is 0.172. The van der Waals surface area contributed by atoms with E-state index in [1.54, 1.807) is 0 Å². The molecule has 0 unspecified atom stereocenters. The standard InChI is InChI=1S/C17H20BrNO/c18-11-15-10-14-8-4-5-9-16(14)19(17(15)20)12-13-6-2-1-3-7-13/h4-5,8-10,13H,1-3,6-7,11-12H2. The molecule has 1 aromatic heterocycles. The van der Waals surface area contributed by atoms with E-state index in [1.807, 2.05) is 22.8 Å². The Hall–Kier alpha value is -1.09. The number of rotatable bonds is 3. The van der Waals surface area contributed by atoms with E-state index in [2.05, 4.69) is 28.1 Å². The number of halogens is 1. The normalized spacial score (nSPS) is 16.6. The molecule has 0 N–H and O–H groups in total. The summed E-state index contributed by atoms with van der Waals surface area (Å²) in [6.07, 6.45) is 6.51. The maximum atomic E-state index is 12.6. The maximum Gasteiger partial charge on any atom is 0.255 e. The summed E-state index contributed by atoms with van der Waals surface area (Å²) in [5.41, 5.74) is 2.11. The molecule has 1 aromatic carbocycles. The van der Waals surface area contributed by atoms with Crippen molar-refractivity contribution in [1.82, 2.24) is 4.57 Å². The van der Waals surface area contributed by atoms with Gasteiger partial charge in [-0.05, 0) is 36.3 Å². The number of fused-ring (bicyclic) bond motifs is 1. The highest BCUT2D eigenvalue weighted by Gasteiger charge is 2.16. The average molecular weight is 334 g/mol. The second-order valence-electron chi connectivity index (χ2n) is 5.78. The van der Waals surface area contributed by atoms with Crippen LogP contribution in [0.5, 0.6) is 0 Å². The Labute approximate surface area is 127 Å². The van der Waals surface area contributed by atoms with Crippen LogP contribution in [0.15, 0.2) is 35.1 Å². The van der Waals surface area contributed by atoms with Crippen LogP contribution in [-0.4, -0.2) is 4.57 Å². The summed E-state index contributed by atoms with van der Waals surface area (Å²) in [5.74, 6) is 0.662. The van der Waals surface area contributed by atoms with Crippen LogP contribution in [0.2, 0.25) is 0 Å². The lowest BCUT2D eigenvalue weighted by atomic mass is 9.89. The molecule has 0 spiro atoms. The second kappa shape index (κ2) is 6.13. The zero-order chi connectivity index (χ0) is 13.9. The zero-order valence-corrected chi connectivity index (χ0v) is 13.2. The van der Waals surface area contributed by atoms with E-state index in [0.29, 0.717) is 11.2 Å². The first kappa shape index (κ1) is 13.9. The van der Waals surface area contributed by atoms with Crippen molar-refractivity contribution in [3.05, 3.63) is 46.2 Å². The first-order valence-corrected chi connectivity index (χ1v) is 8.59. The fourth-order valence-electron chi connectivity index (χ4n) is 3.29. The molecular weight excluding hydrogens is 314 g/mol. The number of hydrogen-bond donors (Lipinski definition) is 0. The Balaban J connectivity index is 2.06. The van der Waals surface area contributed by atoms with Crippen molar-refractivity contribution in [2.75, 3.05) is 0 Å². The molecule has 0 radical (unpaired) electrons. The van der Waals surface area contributed by atoms with E-state index >= 15 is 0 Å². The lowest BCUT2D eigenvalue weighted by Crippen LogP contribution is -2.27. The molecule has 0 saturated heterocycles. The zero-order valence-electron chi connectivity index (χ0n) is 11.6. The van der Waals surface area contributed by atoms with Gasteiger partial charge in [0.25, 0.3) is 5.56 Å². The first-order valence-electron chi connectivity index (χ1n) is 7.47. The van der Waals surface area contributed by atoms with Gasteiger partial charge in [-0.2, -0.15) is 0 Å². The van der Waals surface area contributed by atoms with Gasteiger partial charge in [-0.15, -0.1) is 0 Å². The molecule has 20 heavy (non-hydrogen) atoms. The third-order valence-electron chi connectivity index (χ3n) is 4.39. The fourth-order valence-corrected chi connectivity index (χ4v) is 3.69. The Bertz CT molecular complexity index is 656. The molecule has 0 atom stereocenters. The van der Waals surface area contributed by atoms with Crippen molar-refractivity contribution in [2.45, 2.75) is 44.0 Å². The van der Waals surface area contributed by atoms with E-state index in [-0.39, 0.29) is 5.56 Å². The molecular formula is C17H20BrNO. The highest BCUT2D eigenvalue weighted by atomic mass is 79.9. The third kappa shape index (κ3) is 2.69. The maximum absolute atomic E-state index is 12.6. The van der Waals surface area contributed by atoms with Crippen molar-refractivity contribution in [2.24, 2.45) is 5.92 Å². The SMILES string of the molecule is O=c1c(CBr)cc2ccccc2n1CC1CCCCC1. The molecule has 106 valence electrons. The molecule has 1 fully saturated rings. The van der Waals surface area contributed by atoms with Gasteiger partial charge in [0.05, 0.1) is 5.52 Å². The number of para-hydroxylation sites is 1. The minimum absolute atomic E-state index is 0.172. The summed E-state index contributed by atoms with van der Waals surface area (Å²) in [5, 5.41) is 1.79. The molecule has 0 bridgehead atoms. The fraction of sp³-hybridized carbons (Fsp3) is 0.471. The second-order valence-corrected chi connectivity index (χ2v) is 6.34. The first-order chi connectivity index (χ1) is 9.79. The molecule has 3 rings (SSSR count). The van der Waals surface area contributed by atoms with E-state index in [0.717, 1.165) is 23.0 Å². The van der Waals surface area contributed by atoms with Crippen LogP contribution in [0.25, 0.3) is 10.9 Å². The van der Waals surface area contributed by atoms with Crippen molar-refractivity contribution >= 4 is 26.8 Å². The lowest BCUT2D eigenvalue weighted by Gasteiger charge is -2.23. The third-order valence-corrected chi connectivity index (χ3v) is 4.99. The van der Waals surface area contributed by atoms with Crippen LogP contribution in [0, 0.1) is 5.92 Å². The largest absolute Gasteiger partial charge is 0.308 e. The summed E-state index contributed by atoms with van der Waals surface area (Å²) < 4.78 is 2.00. The van der Waals surface area contributed by atoms with Gasteiger partial charge < -0.3 is 4.57 Å². The van der Waals surface area contributed by atoms with Crippen molar-refractivity contribution < 1.29 is 0 Å². The molecule has 1 aliphatic carbocycles. The van der Waals surface area contributed by atoms with Crippen LogP contribution >= 0.6 is 15.9 Å². The van der Waals surface area contributed by atoms with Crippen LogP contribution < -0.4 is 5.56 Å². The predicted molar refractivity (Wildman–Crippen MR) is 87.4 cm³/mol. The summed E-state index contributed by atoms with van der Waals surface area (Å²) in [6.45, 7) is 0.875. The van der Waals surface area contributed by atoms with Gasteiger partial charge in [-0.3, -0.25) is 4.79 Å². The molecule has 2 nitrogen and oxygen atoms in total. The molecule has 1 aliphatic rings. The monoisotopic (exact) mass is 333 g/mol. The Morgan fingerprint density at radius 1 is 1.15 bits per heavy atom. The molecule has 0 aliphatic heterocycles. The molecule has 0 amide bonds. The van der Waals surface area contributed by atoms with E-state index < -0.39 is 0 Å².